The third kappa shape index (κ3) is 3.61. The number of amides is 1. The van der Waals surface area contributed by atoms with Gasteiger partial charge in [-0.3, -0.25) is 4.79 Å². The molecule has 0 aliphatic heterocycles. The average Bonchev–Trinajstić information content (AvgIpc) is 2.48. The number of hydrogen-bond acceptors (Lipinski definition) is 2. The van der Waals surface area contributed by atoms with Gasteiger partial charge >= 0.3 is 0 Å². The number of nitrogens with one attached hydrogen (secondary N) is 1. The summed E-state index contributed by atoms with van der Waals surface area (Å²) in [5.41, 5.74) is 2.77. The number of halogens is 1. The fourth-order valence-corrected chi connectivity index (χ4v) is 2.08. The predicted octanol–water partition coefficient (Wildman–Crippen LogP) is 3.65. The summed E-state index contributed by atoms with van der Waals surface area (Å²) in [5, 5.41) is 12.4. The van der Waals surface area contributed by atoms with Crippen LogP contribution in [0.2, 0.25) is 0 Å². The number of carbonyl (C=O) groups excluding carboxylic acids is 1. The Morgan fingerprint density at radius 2 is 1.80 bits per heavy atom. The van der Waals surface area contributed by atoms with Gasteiger partial charge in [0.05, 0.1) is 4.47 Å². The molecule has 2 N–H and O–H groups in total. The lowest BCUT2D eigenvalue weighted by molar-refractivity contribution is 0.0950. The molecule has 104 valence electrons. The lowest BCUT2D eigenvalue weighted by Gasteiger charge is -2.07. The van der Waals surface area contributed by atoms with Gasteiger partial charge in [-0.2, -0.15) is 0 Å². The molecule has 2 rings (SSSR count). The van der Waals surface area contributed by atoms with E-state index in [4.69, 9.17) is 0 Å². The molecule has 4 heteroatoms. The van der Waals surface area contributed by atoms with Gasteiger partial charge < -0.3 is 10.4 Å². The van der Waals surface area contributed by atoms with Gasteiger partial charge in [0.25, 0.3) is 5.91 Å². The Hall–Kier alpha value is -1.81. The summed E-state index contributed by atoms with van der Waals surface area (Å²) in [5.74, 6) is -0.141. The first-order valence-electron chi connectivity index (χ1n) is 6.44. The molecule has 0 saturated heterocycles. The number of phenols is 1. The fraction of sp³-hybridized carbons (Fsp3) is 0.188. The van der Waals surface area contributed by atoms with Crippen molar-refractivity contribution in [2.75, 3.05) is 0 Å². The van der Waals surface area contributed by atoms with Crippen molar-refractivity contribution in [1.29, 1.82) is 0 Å². The molecule has 20 heavy (non-hydrogen) atoms. The second kappa shape index (κ2) is 6.57. The molecule has 0 atom stereocenters. The van der Waals surface area contributed by atoms with Crippen LogP contribution in [0.3, 0.4) is 0 Å². The second-order valence-electron chi connectivity index (χ2n) is 4.52. The van der Waals surface area contributed by atoms with E-state index < -0.39 is 0 Å². The number of phenolic OH excluding ortho intramolecular Hbond substituents is 1. The van der Waals surface area contributed by atoms with Crippen LogP contribution in [0, 0.1) is 0 Å². The minimum Gasteiger partial charge on any atom is -0.507 e. The van der Waals surface area contributed by atoms with E-state index >= 15 is 0 Å². The molecule has 0 aliphatic rings. The van der Waals surface area contributed by atoms with Crippen LogP contribution in [0.25, 0.3) is 0 Å². The smallest absolute Gasteiger partial charge is 0.251 e. The van der Waals surface area contributed by atoms with Crippen molar-refractivity contribution in [3.05, 3.63) is 63.6 Å². The zero-order valence-electron chi connectivity index (χ0n) is 11.2. The monoisotopic (exact) mass is 333 g/mol. The van der Waals surface area contributed by atoms with Crippen LogP contribution in [0.15, 0.2) is 46.9 Å². The van der Waals surface area contributed by atoms with Gasteiger partial charge in [0, 0.05) is 12.1 Å². The van der Waals surface area contributed by atoms with E-state index in [1.165, 1.54) is 11.6 Å². The second-order valence-corrected chi connectivity index (χ2v) is 5.37. The standard InChI is InChI=1S/C16H16BrNO2/c1-2-11-3-5-12(6-4-11)10-18-16(20)13-7-8-14(17)15(19)9-13/h3-9,19H,2,10H2,1H3,(H,18,20). The first kappa shape index (κ1) is 14.6. The maximum Gasteiger partial charge on any atom is 0.251 e. The first-order valence-corrected chi connectivity index (χ1v) is 7.24. The topological polar surface area (TPSA) is 49.3 Å². The SMILES string of the molecule is CCc1ccc(CNC(=O)c2ccc(Br)c(O)c2)cc1. The molecule has 2 aromatic rings. The molecule has 0 aliphatic carbocycles. The van der Waals surface area contributed by atoms with E-state index in [9.17, 15) is 9.90 Å². The molecule has 0 unspecified atom stereocenters. The van der Waals surface area contributed by atoms with Crippen LogP contribution in [0.4, 0.5) is 0 Å². The minimum absolute atomic E-state index is 0.0601. The Bertz CT molecular complexity index is 608. The number of hydrogen-bond donors (Lipinski definition) is 2. The molecular formula is C16H16BrNO2. The third-order valence-corrected chi connectivity index (χ3v) is 3.76. The Morgan fingerprint density at radius 3 is 2.40 bits per heavy atom. The molecular weight excluding hydrogens is 318 g/mol. The zero-order valence-corrected chi connectivity index (χ0v) is 12.8. The Morgan fingerprint density at radius 1 is 1.15 bits per heavy atom. The Kier molecular flexibility index (Phi) is 4.79. The number of benzene rings is 2. The van der Waals surface area contributed by atoms with Crippen LogP contribution in [0.1, 0.15) is 28.4 Å². The number of rotatable bonds is 4. The van der Waals surface area contributed by atoms with E-state index in [2.05, 4.69) is 40.3 Å². The largest absolute Gasteiger partial charge is 0.507 e. The molecule has 0 fully saturated rings. The third-order valence-electron chi connectivity index (χ3n) is 3.09. The van der Waals surface area contributed by atoms with Crippen LogP contribution in [-0.2, 0) is 13.0 Å². The summed E-state index contributed by atoms with van der Waals surface area (Å²) in [4.78, 5) is 12.0. The average molecular weight is 334 g/mol. The number of carbonyl (C=O) groups is 1. The van der Waals surface area contributed by atoms with Crippen molar-refractivity contribution in [3.8, 4) is 5.75 Å². The fourth-order valence-electron chi connectivity index (χ4n) is 1.83. The number of aryl methyl sites for hydroxylation is 1. The zero-order chi connectivity index (χ0) is 14.5. The first-order chi connectivity index (χ1) is 9.60. The highest BCUT2D eigenvalue weighted by atomic mass is 79.9. The summed E-state index contributed by atoms with van der Waals surface area (Å²) < 4.78 is 0.573. The molecule has 2 aromatic carbocycles. The van der Waals surface area contributed by atoms with Gasteiger partial charge in [-0.25, -0.2) is 0 Å². The molecule has 1 amide bonds. The maximum atomic E-state index is 12.0. The molecule has 0 bridgehead atoms. The summed E-state index contributed by atoms with van der Waals surface area (Å²) >= 11 is 3.19. The van der Waals surface area contributed by atoms with E-state index in [1.54, 1.807) is 12.1 Å². The number of aromatic hydroxyl groups is 1. The Balaban J connectivity index is 1.98. The predicted molar refractivity (Wildman–Crippen MR) is 82.8 cm³/mol. The molecule has 0 aromatic heterocycles. The maximum absolute atomic E-state index is 12.0. The van der Waals surface area contributed by atoms with Crippen molar-refractivity contribution >= 4 is 21.8 Å². The van der Waals surface area contributed by atoms with Gasteiger partial charge in [0.2, 0.25) is 0 Å². The minimum atomic E-state index is -0.202. The van der Waals surface area contributed by atoms with Crippen LogP contribution >= 0.6 is 15.9 Å². The molecule has 0 heterocycles. The van der Waals surface area contributed by atoms with Gasteiger partial charge in [-0.1, -0.05) is 31.2 Å². The van der Waals surface area contributed by atoms with Gasteiger partial charge in [-0.05, 0) is 51.7 Å². The molecule has 0 spiro atoms. The molecule has 3 nitrogen and oxygen atoms in total. The Labute approximate surface area is 126 Å². The summed E-state index contributed by atoms with van der Waals surface area (Å²) in [6.07, 6.45) is 1.00. The van der Waals surface area contributed by atoms with Crippen molar-refractivity contribution < 1.29 is 9.90 Å². The van der Waals surface area contributed by atoms with Crippen molar-refractivity contribution in [1.82, 2.24) is 5.32 Å². The molecule has 0 saturated carbocycles. The van der Waals surface area contributed by atoms with Crippen LogP contribution in [0.5, 0.6) is 5.75 Å². The van der Waals surface area contributed by atoms with Crippen molar-refractivity contribution in [2.24, 2.45) is 0 Å². The van der Waals surface area contributed by atoms with Gasteiger partial charge in [-0.15, -0.1) is 0 Å². The lowest BCUT2D eigenvalue weighted by Crippen LogP contribution is -2.22. The highest BCUT2D eigenvalue weighted by molar-refractivity contribution is 9.10. The highest BCUT2D eigenvalue weighted by Gasteiger charge is 2.07. The van der Waals surface area contributed by atoms with Gasteiger partial charge in [0.15, 0.2) is 0 Å². The van der Waals surface area contributed by atoms with Gasteiger partial charge in [0.1, 0.15) is 5.75 Å². The lowest BCUT2D eigenvalue weighted by atomic mass is 10.1. The van der Waals surface area contributed by atoms with Crippen LogP contribution in [-0.4, -0.2) is 11.0 Å². The van der Waals surface area contributed by atoms with Crippen molar-refractivity contribution in [3.63, 3.8) is 0 Å². The van der Waals surface area contributed by atoms with Crippen LogP contribution < -0.4 is 5.32 Å². The van der Waals surface area contributed by atoms with Crippen molar-refractivity contribution in [2.45, 2.75) is 19.9 Å². The summed E-state index contributed by atoms with van der Waals surface area (Å²) in [6.45, 7) is 2.58. The highest BCUT2D eigenvalue weighted by Crippen LogP contribution is 2.24. The van der Waals surface area contributed by atoms with E-state index in [1.807, 2.05) is 12.1 Å². The molecule has 0 radical (unpaired) electrons. The summed E-state index contributed by atoms with van der Waals surface area (Å²) in [7, 11) is 0. The quantitative estimate of drug-likeness (QED) is 0.897. The van der Waals surface area contributed by atoms with E-state index in [0.29, 0.717) is 16.6 Å². The normalized spacial score (nSPS) is 10.3. The van der Waals surface area contributed by atoms with E-state index in [0.717, 1.165) is 12.0 Å². The summed E-state index contributed by atoms with van der Waals surface area (Å²) in [6, 6.07) is 12.9. The van der Waals surface area contributed by atoms with E-state index in [-0.39, 0.29) is 11.7 Å².